The Morgan fingerprint density at radius 3 is 2.61 bits per heavy atom. The van der Waals surface area contributed by atoms with Crippen LogP contribution in [-0.4, -0.2) is 38.1 Å². The number of carbonyl (C=O) groups excluding carboxylic acids is 1. The van der Waals surface area contributed by atoms with E-state index in [-0.39, 0.29) is 18.9 Å². The average molecular weight is 264 g/mol. The molecule has 1 saturated carbocycles. The van der Waals surface area contributed by atoms with E-state index in [1.54, 1.807) is 0 Å². The Morgan fingerprint density at radius 2 is 2.00 bits per heavy atom. The van der Waals surface area contributed by atoms with Crippen LogP contribution in [0.1, 0.15) is 32.1 Å². The number of alkyl halides is 2. The first-order chi connectivity index (χ1) is 8.58. The van der Waals surface area contributed by atoms with Crippen LogP contribution in [0.25, 0.3) is 0 Å². The minimum Gasteiger partial charge on any atom is -0.375 e. The van der Waals surface area contributed by atoms with Gasteiger partial charge in [-0.15, -0.1) is 0 Å². The maximum absolute atomic E-state index is 11.7. The fourth-order valence-corrected chi connectivity index (χ4v) is 2.08. The first-order valence-corrected chi connectivity index (χ1v) is 6.46. The summed E-state index contributed by atoms with van der Waals surface area (Å²) in [5, 5.41) is 2.81. The highest BCUT2D eigenvalue weighted by Crippen LogP contribution is 2.22. The van der Waals surface area contributed by atoms with Gasteiger partial charge in [0.15, 0.2) is 0 Å². The van der Waals surface area contributed by atoms with Crippen LogP contribution in [0.5, 0.6) is 0 Å². The molecule has 1 aliphatic carbocycles. The molecule has 106 valence electrons. The predicted octanol–water partition coefficient (Wildman–Crippen LogP) is 1.29. The molecule has 0 aliphatic heterocycles. The molecule has 1 fully saturated rings. The zero-order chi connectivity index (χ0) is 13.4. The van der Waals surface area contributed by atoms with E-state index in [1.807, 2.05) is 0 Å². The molecule has 0 bridgehead atoms. The van der Waals surface area contributed by atoms with Crippen LogP contribution in [0.2, 0.25) is 0 Å². The normalized spacial score (nSPS) is 24.2. The van der Waals surface area contributed by atoms with Gasteiger partial charge in [-0.3, -0.25) is 4.79 Å². The van der Waals surface area contributed by atoms with Crippen LogP contribution in [-0.2, 0) is 9.53 Å². The van der Waals surface area contributed by atoms with E-state index in [4.69, 9.17) is 5.73 Å². The fourth-order valence-electron chi connectivity index (χ4n) is 2.08. The molecule has 6 heteroatoms. The molecule has 0 radical (unpaired) electrons. The quantitative estimate of drug-likeness (QED) is 0.681. The molecule has 0 atom stereocenters. The van der Waals surface area contributed by atoms with Crippen molar-refractivity contribution in [3.63, 3.8) is 0 Å². The summed E-state index contributed by atoms with van der Waals surface area (Å²) in [5.41, 5.74) is 5.79. The second-order valence-corrected chi connectivity index (χ2v) is 4.80. The van der Waals surface area contributed by atoms with E-state index in [0.717, 1.165) is 25.7 Å². The molecule has 0 spiro atoms. The maximum atomic E-state index is 11.7. The molecule has 1 amide bonds. The van der Waals surface area contributed by atoms with Gasteiger partial charge in [0.2, 0.25) is 5.91 Å². The third-order valence-corrected chi connectivity index (χ3v) is 3.20. The zero-order valence-electron chi connectivity index (χ0n) is 10.5. The van der Waals surface area contributed by atoms with Crippen molar-refractivity contribution in [3.05, 3.63) is 0 Å². The highest BCUT2D eigenvalue weighted by Gasteiger charge is 2.18. The molecule has 0 aromatic rings. The smallest absolute Gasteiger partial charge is 0.261 e. The average Bonchev–Trinajstić information content (AvgIpc) is 2.34. The van der Waals surface area contributed by atoms with Crippen molar-refractivity contribution in [2.24, 2.45) is 11.7 Å². The molecular formula is C12H22F2N2O2. The fraction of sp³-hybridized carbons (Fsp3) is 0.917. The highest BCUT2D eigenvalue weighted by atomic mass is 19.3. The second kappa shape index (κ2) is 8.37. The summed E-state index contributed by atoms with van der Waals surface area (Å²) in [6.45, 7) is 0.0971. The minimum atomic E-state index is -2.47. The number of ether oxygens (including phenoxy) is 1. The molecule has 4 nitrogen and oxygen atoms in total. The van der Waals surface area contributed by atoms with Crippen LogP contribution in [0.3, 0.4) is 0 Å². The number of amides is 1. The van der Waals surface area contributed by atoms with Crippen LogP contribution < -0.4 is 11.1 Å². The van der Waals surface area contributed by atoms with Crippen molar-refractivity contribution in [2.45, 2.75) is 44.6 Å². The van der Waals surface area contributed by atoms with Gasteiger partial charge >= 0.3 is 0 Å². The lowest BCUT2D eigenvalue weighted by atomic mass is 9.86. The first kappa shape index (κ1) is 15.3. The summed E-state index contributed by atoms with van der Waals surface area (Å²) < 4.78 is 28.1. The highest BCUT2D eigenvalue weighted by molar-refractivity contribution is 5.75. The van der Waals surface area contributed by atoms with Gasteiger partial charge in [-0.1, -0.05) is 0 Å². The van der Waals surface area contributed by atoms with E-state index < -0.39 is 13.0 Å². The molecule has 0 saturated heterocycles. The third kappa shape index (κ3) is 6.86. The maximum Gasteiger partial charge on any atom is 0.261 e. The number of hydrogen-bond donors (Lipinski definition) is 2. The van der Waals surface area contributed by atoms with Crippen molar-refractivity contribution in [1.29, 1.82) is 0 Å². The van der Waals surface area contributed by atoms with Gasteiger partial charge in [0.25, 0.3) is 6.43 Å². The summed E-state index contributed by atoms with van der Waals surface area (Å²) >= 11 is 0. The number of rotatable bonds is 7. The van der Waals surface area contributed by atoms with Crippen LogP contribution in [0.4, 0.5) is 8.78 Å². The van der Waals surface area contributed by atoms with Gasteiger partial charge in [-0.05, 0) is 31.6 Å². The predicted molar refractivity (Wildman–Crippen MR) is 64.4 cm³/mol. The van der Waals surface area contributed by atoms with Gasteiger partial charge in [-0.2, -0.15) is 0 Å². The molecule has 0 aromatic heterocycles. The standard InChI is InChI=1S/C12H22F2N2O2/c13-11(14)8-18-6-5-12(17)16-7-9-1-3-10(15)4-2-9/h9-11H,1-8,15H2,(H,16,17). The molecule has 18 heavy (non-hydrogen) atoms. The number of halogens is 2. The zero-order valence-corrected chi connectivity index (χ0v) is 10.5. The topological polar surface area (TPSA) is 64.3 Å². The van der Waals surface area contributed by atoms with E-state index in [0.29, 0.717) is 18.5 Å². The first-order valence-electron chi connectivity index (χ1n) is 6.46. The number of carbonyl (C=O) groups is 1. The van der Waals surface area contributed by atoms with Gasteiger partial charge in [0.05, 0.1) is 6.61 Å². The van der Waals surface area contributed by atoms with Crippen molar-refractivity contribution < 1.29 is 18.3 Å². The number of nitrogens with one attached hydrogen (secondary N) is 1. The Kier molecular flexibility index (Phi) is 7.12. The van der Waals surface area contributed by atoms with E-state index >= 15 is 0 Å². The van der Waals surface area contributed by atoms with Gasteiger partial charge in [0, 0.05) is 19.0 Å². The van der Waals surface area contributed by atoms with Crippen molar-refractivity contribution in [2.75, 3.05) is 19.8 Å². The van der Waals surface area contributed by atoms with Crippen molar-refractivity contribution in [1.82, 2.24) is 5.32 Å². The summed E-state index contributed by atoms with van der Waals surface area (Å²) in [7, 11) is 0. The summed E-state index contributed by atoms with van der Waals surface area (Å²) in [6, 6.07) is 0.305. The third-order valence-electron chi connectivity index (χ3n) is 3.20. The molecular weight excluding hydrogens is 242 g/mol. The summed E-state index contributed by atoms with van der Waals surface area (Å²) in [6.07, 6.45) is 1.78. The van der Waals surface area contributed by atoms with Gasteiger partial charge in [-0.25, -0.2) is 8.78 Å². The van der Waals surface area contributed by atoms with Crippen molar-refractivity contribution in [3.8, 4) is 0 Å². The van der Waals surface area contributed by atoms with Crippen LogP contribution in [0.15, 0.2) is 0 Å². The van der Waals surface area contributed by atoms with Crippen molar-refractivity contribution >= 4 is 5.91 Å². The van der Waals surface area contributed by atoms with Crippen LogP contribution in [0, 0.1) is 5.92 Å². The Labute approximate surface area is 106 Å². The van der Waals surface area contributed by atoms with E-state index in [9.17, 15) is 13.6 Å². The molecule has 0 unspecified atom stereocenters. The Balaban J connectivity index is 1.99. The number of hydrogen-bond acceptors (Lipinski definition) is 3. The summed E-state index contributed by atoms with van der Waals surface area (Å²) in [5.74, 6) is 0.356. The van der Waals surface area contributed by atoms with E-state index in [1.165, 1.54) is 0 Å². The Bertz CT molecular complexity index is 244. The lowest BCUT2D eigenvalue weighted by Gasteiger charge is -2.26. The Hall–Kier alpha value is -0.750. The van der Waals surface area contributed by atoms with Gasteiger partial charge in [0.1, 0.15) is 6.61 Å². The summed E-state index contributed by atoms with van der Waals surface area (Å²) in [4.78, 5) is 11.4. The lowest BCUT2D eigenvalue weighted by Crippen LogP contribution is -2.34. The molecule has 0 heterocycles. The largest absolute Gasteiger partial charge is 0.375 e. The minimum absolute atomic E-state index is 0.0473. The molecule has 3 N–H and O–H groups in total. The Morgan fingerprint density at radius 1 is 1.33 bits per heavy atom. The number of nitrogens with two attached hydrogens (primary N) is 1. The molecule has 1 aliphatic rings. The monoisotopic (exact) mass is 264 g/mol. The SMILES string of the molecule is NC1CCC(CNC(=O)CCOCC(F)F)CC1. The van der Waals surface area contributed by atoms with Gasteiger partial charge < -0.3 is 15.8 Å². The van der Waals surface area contributed by atoms with E-state index in [2.05, 4.69) is 10.1 Å². The second-order valence-electron chi connectivity index (χ2n) is 4.80. The molecule has 0 aromatic carbocycles. The van der Waals surface area contributed by atoms with Crippen LogP contribution >= 0.6 is 0 Å². The lowest BCUT2D eigenvalue weighted by molar-refractivity contribution is -0.122. The molecule has 1 rings (SSSR count).